The van der Waals surface area contributed by atoms with Gasteiger partial charge in [-0.25, -0.2) is 4.79 Å². The van der Waals surface area contributed by atoms with E-state index in [1.54, 1.807) is 12.2 Å². The Kier molecular flexibility index (Phi) is 3.14. The molecule has 0 aromatic carbocycles. The largest absolute Gasteiger partial charge is 0.480 e. The summed E-state index contributed by atoms with van der Waals surface area (Å²) in [7, 11) is 0. The third kappa shape index (κ3) is 2.79. The summed E-state index contributed by atoms with van der Waals surface area (Å²) in [6.07, 6.45) is 4.03. The molecular formula is C10H16N2O3. The summed E-state index contributed by atoms with van der Waals surface area (Å²) in [6, 6.07) is -0.103. The van der Waals surface area contributed by atoms with Crippen LogP contribution in [-0.4, -0.2) is 28.6 Å². The molecule has 0 spiro atoms. The normalized spacial score (nSPS) is 25.3. The van der Waals surface area contributed by atoms with Gasteiger partial charge in [0.1, 0.15) is 5.54 Å². The molecule has 0 heterocycles. The lowest BCUT2D eigenvalue weighted by atomic mass is 10.0. The van der Waals surface area contributed by atoms with E-state index >= 15 is 0 Å². The van der Waals surface area contributed by atoms with Gasteiger partial charge in [0.25, 0.3) is 0 Å². The smallest absolute Gasteiger partial charge is 0.328 e. The molecular weight excluding hydrogens is 196 g/mol. The molecule has 1 aliphatic carbocycles. The van der Waals surface area contributed by atoms with Crippen molar-refractivity contribution >= 4 is 11.9 Å². The van der Waals surface area contributed by atoms with Gasteiger partial charge in [0, 0.05) is 6.04 Å². The van der Waals surface area contributed by atoms with Crippen LogP contribution in [0, 0.1) is 5.92 Å². The number of carbonyl (C=O) groups excluding carboxylic acids is 1. The Morgan fingerprint density at radius 2 is 2.07 bits per heavy atom. The number of hydrogen-bond donors (Lipinski definition) is 3. The maximum Gasteiger partial charge on any atom is 0.328 e. The molecule has 0 radical (unpaired) electrons. The molecule has 2 atom stereocenters. The summed E-state index contributed by atoms with van der Waals surface area (Å²) in [4.78, 5) is 22.4. The van der Waals surface area contributed by atoms with E-state index in [2.05, 4.69) is 5.32 Å². The highest BCUT2D eigenvalue weighted by atomic mass is 16.4. The minimum atomic E-state index is -1.24. The number of rotatable bonds is 3. The van der Waals surface area contributed by atoms with Gasteiger partial charge < -0.3 is 16.2 Å². The van der Waals surface area contributed by atoms with Crippen molar-refractivity contribution in [3.63, 3.8) is 0 Å². The third-order valence-electron chi connectivity index (χ3n) is 2.42. The SMILES string of the molecule is CC(C)(NC(=O)C1C=CC(N)C1)C(=O)O. The molecule has 0 saturated carbocycles. The second-order valence-corrected chi connectivity index (χ2v) is 4.31. The fraction of sp³-hybridized carbons (Fsp3) is 0.600. The van der Waals surface area contributed by atoms with Gasteiger partial charge in [0.05, 0.1) is 5.92 Å². The minimum Gasteiger partial charge on any atom is -0.480 e. The van der Waals surface area contributed by atoms with Gasteiger partial charge in [0.15, 0.2) is 0 Å². The summed E-state index contributed by atoms with van der Waals surface area (Å²) >= 11 is 0. The zero-order valence-electron chi connectivity index (χ0n) is 8.86. The predicted molar refractivity (Wildman–Crippen MR) is 55.1 cm³/mol. The molecule has 1 aliphatic rings. The second-order valence-electron chi connectivity index (χ2n) is 4.31. The molecule has 84 valence electrons. The van der Waals surface area contributed by atoms with Crippen molar-refractivity contribution in [3.05, 3.63) is 12.2 Å². The number of carboxylic acids is 1. The van der Waals surface area contributed by atoms with E-state index in [1.807, 2.05) is 0 Å². The molecule has 1 rings (SSSR count). The monoisotopic (exact) mass is 212 g/mol. The van der Waals surface area contributed by atoms with Crippen LogP contribution in [0.25, 0.3) is 0 Å². The van der Waals surface area contributed by atoms with Gasteiger partial charge in [-0.15, -0.1) is 0 Å². The van der Waals surface area contributed by atoms with Gasteiger partial charge in [-0.3, -0.25) is 4.79 Å². The lowest BCUT2D eigenvalue weighted by Gasteiger charge is -2.22. The van der Waals surface area contributed by atoms with Crippen molar-refractivity contribution in [2.75, 3.05) is 0 Å². The maximum atomic E-state index is 11.6. The van der Waals surface area contributed by atoms with Crippen molar-refractivity contribution in [2.24, 2.45) is 11.7 Å². The Hall–Kier alpha value is -1.36. The van der Waals surface area contributed by atoms with Crippen molar-refractivity contribution in [1.82, 2.24) is 5.32 Å². The van der Waals surface area contributed by atoms with Crippen LogP contribution < -0.4 is 11.1 Å². The van der Waals surface area contributed by atoms with Crippen LogP contribution in [0.4, 0.5) is 0 Å². The molecule has 0 aromatic heterocycles. The van der Waals surface area contributed by atoms with Gasteiger partial charge in [-0.2, -0.15) is 0 Å². The van der Waals surface area contributed by atoms with Crippen LogP contribution in [0.5, 0.6) is 0 Å². The lowest BCUT2D eigenvalue weighted by Crippen LogP contribution is -2.51. The number of aliphatic carboxylic acids is 1. The van der Waals surface area contributed by atoms with Crippen LogP contribution in [-0.2, 0) is 9.59 Å². The average molecular weight is 212 g/mol. The van der Waals surface area contributed by atoms with E-state index < -0.39 is 11.5 Å². The van der Waals surface area contributed by atoms with Crippen molar-refractivity contribution in [3.8, 4) is 0 Å². The van der Waals surface area contributed by atoms with Crippen molar-refractivity contribution in [1.29, 1.82) is 0 Å². The topological polar surface area (TPSA) is 92.4 Å². The van der Waals surface area contributed by atoms with Crippen LogP contribution >= 0.6 is 0 Å². The first-order valence-electron chi connectivity index (χ1n) is 4.82. The average Bonchev–Trinajstić information content (AvgIpc) is 2.50. The highest BCUT2D eigenvalue weighted by molar-refractivity contribution is 5.88. The first-order valence-corrected chi connectivity index (χ1v) is 4.82. The maximum absolute atomic E-state index is 11.6. The van der Waals surface area contributed by atoms with Crippen LogP contribution in [0.1, 0.15) is 20.3 Å². The molecule has 0 aliphatic heterocycles. The molecule has 0 bridgehead atoms. The van der Waals surface area contributed by atoms with Gasteiger partial charge >= 0.3 is 5.97 Å². The van der Waals surface area contributed by atoms with Gasteiger partial charge in [0.2, 0.25) is 5.91 Å². The second kappa shape index (κ2) is 4.02. The van der Waals surface area contributed by atoms with Crippen LogP contribution in [0.2, 0.25) is 0 Å². The Labute approximate surface area is 88.3 Å². The molecule has 5 heteroatoms. The minimum absolute atomic E-state index is 0.103. The number of hydrogen-bond acceptors (Lipinski definition) is 3. The van der Waals surface area contributed by atoms with Crippen LogP contribution in [0.15, 0.2) is 12.2 Å². The highest BCUT2D eigenvalue weighted by Crippen LogP contribution is 2.17. The van der Waals surface area contributed by atoms with E-state index in [0.29, 0.717) is 6.42 Å². The molecule has 5 nitrogen and oxygen atoms in total. The van der Waals surface area contributed by atoms with Gasteiger partial charge in [-0.05, 0) is 20.3 Å². The molecule has 0 aromatic rings. The Morgan fingerprint density at radius 1 is 1.47 bits per heavy atom. The zero-order chi connectivity index (χ0) is 11.6. The van der Waals surface area contributed by atoms with E-state index in [1.165, 1.54) is 13.8 Å². The summed E-state index contributed by atoms with van der Waals surface area (Å²) in [5.74, 6) is -1.65. The van der Waals surface area contributed by atoms with E-state index in [9.17, 15) is 9.59 Å². The number of nitrogens with two attached hydrogens (primary N) is 1. The van der Waals surface area contributed by atoms with E-state index in [-0.39, 0.29) is 17.9 Å². The molecule has 2 unspecified atom stereocenters. The fourth-order valence-electron chi connectivity index (χ4n) is 1.38. The first-order chi connectivity index (χ1) is 6.83. The highest BCUT2D eigenvalue weighted by Gasteiger charge is 2.32. The number of carboxylic acid groups (broad SMARTS) is 1. The number of nitrogens with one attached hydrogen (secondary N) is 1. The van der Waals surface area contributed by atoms with Gasteiger partial charge in [-0.1, -0.05) is 12.2 Å². The predicted octanol–water partition coefficient (Wildman–Crippen LogP) is -0.131. The standard InChI is InChI=1S/C10H16N2O3/c1-10(2,9(14)15)12-8(13)6-3-4-7(11)5-6/h3-4,6-7H,5,11H2,1-2H3,(H,12,13)(H,14,15). The number of carbonyl (C=O) groups is 2. The number of amides is 1. The molecule has 4 N–H and O–H groups in total. The first kappa shape index (κ1) is 11.7. The summed E-state index contributed by atoms with van der Waals surface area (Å²) in [5.41, 5.74) is 4.36. The summed E-state index contributed by atoms with van der Waals surface area (Å²) in [5, 5.41) is 11.3. The summed E-state index contributed by atoms with van der Waals surface area (Å²) < 4.78 is 0. The molecule has 0 saturated heterocycles. The van der Waals surface area contributed by atoms with Crippen LogP contribution in [0.3, 0.4) is 0 Å². The molecule has 15 heavy (non-hydrogen) atoms. The Balaban J connectivity index is 2.57. The fourth-order valence-corrected chi connectivity index (χ4v) is 1.38. The zero-order valence-corrected chi connectivity index (χ0v) is 8.86. The Bertz CT molecular complexity index is 310. The third-order valence-corrected chi connectivity index (χ3v) is 2.42. The Morgan fingerprint density at radius 3 is 2.47 bits per heavy atom. The summed E-state index contributed by atoms with van der Waals surface area (Å²) in [6.45, 7) is 2.90. The van der Waals surface area contributed by atoms with Crippen molar-refractivity contribution in [2.45, 2.75) is 31.8 Å². The molecule has 1 amide bonds. The lowest BCUT2D eigenvalue weighted by molar-refractivity contribution is -0.146. The van der Waals surface area contributed by atoms with Crippen molar-refractivity contribution < 1.29 is 14.7 Å². The van der Waals surface area contributed by atoms with E-state index in [0.717, 1.165) is 0 Å². The molecule has 0 fully saturated rings. The quantitative estimate of drug-likeness (QED) is 0.568. The van der Waals surface area contributed by atoms with E-state index in [4.69, 9.17) is 10.8 Å².